The van der Waals surface area contributed by atoms with Crippen LogP contribution in [0.2, 0.25) is 0 Å². The monoisotopic (exact) mass is 161 g/mol. The highest BCUT2D eigenvalue weighted by atomic mass is 16.5. The van der Waals surface area contributed by atoms with Crippen molar-refractivity contribution in [3.8, 4) is 0 Å². The van der Waals surface area contributed by atoms with Crippen LogP contribution in [0.1, 0.15) is 48.0 Å². The quantitative estimate of drug-likeness (QED) is 0.629. The molecule has 0 fully saturated rings. The number of rotatable bonds is 2. The van der Waals surface area contributed by atoms with Gasteiger partial charge >= 0.3 is 0 Å². The third-order valence-electron chi connectivity index (χ3n) is 1.06. The van der Waals surface area contributed by atoms with Gasteiger partial charge < -0.3 is 5.21 Å². The molecule has 0 saturated carbocycles. The molecule has 0 aromatic carbocycles. The van der Waals surface area contributed by atoms with Crippen LogP contribution in [0.4, 0.5) is 0 Å². The standard InChI is InChI=1S/C6H15NO.C3H8/c1-5(2)7(8)6(3)4;1-3-2/h5-6,8H,1-4H3;3H2,1-2H3. The summed E-state index contributed by atoms with van der Waals surface area (Å²) in [5.74, 6) is 0. The minimum Gasteiger partial charge on any atom is -0.313 e. The maximum Gasteiger partial charge on any atom is 0.0296 e. The first-order valence-corrected chi connectivity index (χ1v) is 4.44. The molecule has 0 aromatic heterocycles. The molecule has 0 amide bonds. The van der Waals surface area contributed by atoms with Crippen molar-refractivity contribution < 1.29 is 5.21 Å². The Hall–Kier alpha value is -0.0800. The normalized spacial score (nSPS) is 10.4. The van der Waals surface area contributed by atoms with E-state index in [1.54, 1.807) is 0 Å². The molecule has 0 rings (SSSR count). The van der Waals surface area contributed by atoms with Crippen molar-refractivity contribution in [3.05, 3.63) is 0 Å². The lowest BCUT2D eigenvalue weighted by Gasteiger charge is -2.22. The number of nitrogens with zero attached hydrogens (tertiary/aromatic N) is 1. The summed E-state index contributed by atoms with van der Waals surface area (Å²) in [6, 6.07) is 0.463. The minimum absolute atomic E-state index is 0.231. The van der Waals surface area contributed by atoms with Crippen LogP contribution in [0.15, 0.2) is 0 Å². The Morgan fingerprint density at radius 2 is 1.18 bits per heavy atom. The summed E-state index contributed by atoms with van der Waals surface area (Å²) in [4.78, 5) is 0. The van der Waals surface area contributed by atoms with Crippen LogP contribution >= 0.6 is 0 Å². The van der Waals surface area contributed by atoms with Crippen LogP contribution in [0, 0.1) is 0 Å². The van der Waals surface area contributed by atoms with Crippen molar-refractivity contribution in [1.82, 2.24) is 5.06 Å². The predicted molar refractivity (Wildman–Crippen MR) is 49.9 cm³/mol. The Kier molecular flexibility index (Phi) is 9.85. The van der Waals surface area contributed by atoms with Crippen molar-refractivity contribution in [2.75, 3.05) is 0 Å². The zero-order valence-electron chi connectivity index (χ0n) is 8.76. The van der Waals surface area contributed by atoms with Crippen LogP contribution in [0.25, 0.3) is 0 Å². The number of hydrogen-bond acceptors (Lipinski definition) is 2. The lowest BCUT2D eigenvalue weighted by atomic mass is 10.3. The molecule has 0 unspecified atom stereocenters. The third kappa shape index (κ3) is 9.92. The predicted octanol–water partition coefficient (Wildman–Crippen LogP) is 2.91. The lowest BCUT2D eigenvalue weighted by Crippen LogP contribution is -2.33. The summed E-state index contributed by atoms with van der Waals surface area (Å²) in [5, 5.41) is 10.4. The van der Waals surface area contributed by atoms with Gasteiger partial charge in [0.25, 0.3) is 0 Å². The van der Waals surface area contributed by atoms with Gasteiger partial charge in [0, 0.05) is 12.1 Å². The van der Waals surface area contributed by atoms with Gasteiger partial charge in [-0.05, 0) is 27.7 Å². The minimum atomic E-state index is 0.231. The maximum absolute atomic E-state index is 9.04. The second-order valence-corrected chi connectivity index (χ2v) is 3.27. The van der Waals surface area contributed by atoms with E-state index in [2.05, 4.69) is 13.8 Å². The fourth-order valence-corrected chi connectivity index (χ4v) is 0.596. The fourth-order valence-electron chi connectivity index (χ4n) is 0.596. The molecule has 0 aliphatic rings. The summed E-state index contributed by atoms with van der Waals surface area (Å²) in [5.41, 5.74) is 0. The van der Waals surface area contributed by atoms with Crippen LogP contribution in [-0.4, -0.2) is 22.4 Å². The Bertz CT molecular complexity index is 64.0. The Labute approximate surface area is 71.2 Å². The molecule has 0 atom stereocenters. The first kappa shape index (κ1) is 13.5. The van der Waals surface area contributed by atoms with Crippen LogP contribution in [0.5, 0.6) is 0 Å². The van der Waals surface area contributed by atoms with Crippen LogP contribution < -0.4 is 0 Å². The molecular formula is C9H23NO. The highest BCUT2D eigenvalue weighted by molar-refractivity contribution is 4.54. The zero-order chi connectivity index (χ0) is 9.44. The number of hydrogen-bond donors (Lipinski definition) is 1. The van der Waals surface area contributed by atoms with E-state index in [0.29, 0.717) is 0 Å². The Balaban J connectivity index is 0. The van der Waals surface area contributed by atoms with Gasteiger partial charge in [0.05, 0.1) is 0 Å². The topological polar surface area (TPSA) is 23.5 Å². The van der Waals surface area contributed by atoms with E-state index in [9.17, 15) is 0 Å². The van der Waals surface area contributed by atoms with E-state index in [1.165, 1.54) is 11.5 Å². The fraction of sp³-hybridized carbons (Fsp3) is 1.00. The second kappa shape index (κ2) is 8.02. The van der Waals surface area contributed by atoms with E-state index in [0.717, 1.165) is 0 Å². The molecule has 0 heterocycles. The summed E-state index contributed by atoms with van der Waals surface area (Å²) in [7, 11) is 0. The van der Waals surface area contributed by atoms with E-state index >= 15 is 0 Å². The molecule has 2 heteroatoms. The van der Waals surface area contributed by atoms with Crippen molar-refractivity contribution >= 4 is 0 Å². The van der Waals surface area contributed by atoms with Crippen molar-refractivity contribution in [3.63, 3.8) is 0 Å². The second-order valence-electron chi connectivity index (χ2n) is 3.27. The highest BCUT2D eigenvalue weighted by Crippen LogP contribution is 1.98. The molecule has 2 nitrogen and oxygen atoms in total. The van der Waals surface area contributed by atoms with Crippen molar-refractivity contribution in [2.45, 2.75) is 60.0 Å². The highest BCUT2D eigenvalue weighted by Gasteiger charge is 2.07. The van der Waals surface area contributed by atoms with Crippen molar-refractivity contribution in [2.24, 2.45) is 0 Å². The van der Waals surface area contributed by atoms with Gasteiger partial charge in [-0.3, -0.25) is 0 Å². The third-order valence-corrected chi connectivity index (χ3v) is 1.06. The summed E-state index contributed by atoms with van der Waals surface area (Å²) >= 11 is 0. The van der Waals surface area contributed by atoms with E-state index in [4.69, 9.17) is 5.21 Å². The summed E-state index contributed by atoms with van der Waals surface area (Å²) in [6.45, 7) is 12.1. The Morgan fingerprint density at radius 1 is 1.00 bits per heavy atom. The van der Waals surface area contributed by atoms with Gasteiger partial charge in [-0.15, -0.1) is 0 Å². The molecule has 11 heavy (non-hydrogen) atoms. The molecule has 0 aromatic rings. The first-order valence-electron chi connectivity index (χ1n) is 4.44. The van der Waals surface area contributed by atoms with Gasteiger partial charge in [0.15, 0.2) is 0 Å². The maximum atomic E-state index is 9.04. The molecule has 1 N–H and O–H groups in total. The number of hydroxylamine groups is 2. The Morgan fingerprint density at radius 3 is 1.18 bits per heavy atom. The molecule has 0 radical (unpaired) electrons. The molecule has 70 valence electrons. The first-order chi connectivity index (χ1) is 4.97. The zero-order valence-corrected chi connectivity index (χ0v) is 8.76. The van der Waals surface area contributed by atoms with Gasteiger partial charge in [-0.1, -0.05) is 20.3 Å². The van der Waals surface area contributed by atoms with E-state index in [1.807, 2.05) is 27.7 Å². The van der Waals surface area contributed by atoms with Crippen molar-refractivity contribution in [1.29, 1.82) is 0 Å². The van der Waals surface area contributed by atoms with Gasteiger partial charge in [0.2, 0.25) is 0 Å². The smallest absolute Gasteiger partial charge is 0.0296 e. The molecule has 0 saturated heterocycles. The summed E-state index contributed by atoms with van der Waals surface area (Å²) in [6.07, 6.45) is 1.25. The van der Waals surface area contributed by atoms with Gasteiger partial charge in [-0.25, -0.2) is 0 Å². The SMILES string of the molecule is CC(C)N(O)C(C)C.CCC. The van der Waals surface area contributed by atoms with Gasteiger partial charge in [0.1, 0.15) is 0 Å². The van der Waals surface area contributed by atoms with E-state index < -0.39 is 0 Å². The van der Waals surface area contributed by atoms with Crippen LogP contribution in [-0.2, 0) is 0 Å². The van der Waals surface area contributed by atoms with Gasteiger partial charge in [-0.2, -0.15) is 5.06 Å². The molecule has 0 aliphatic heterocycles. The van der Waals surface area contributed by atoms with Crippen LogP contribution in [0.3, 0.4) is 0 Å². The lowest BCUT2D eigenvalue weighted by molar-refractivity contribution is -0.141. The average Bonchev–Trinajstić information content (AvgIpc) is 1.87. The molecule has 0 aliphatic carbocycles. The molecular weight excluding hydrogens is 138 g/mol. The molecule has 0 bridgehead atoms. The van der Waals surface area contributed by atoms with E-state index in [-0.39, 0.29) is 12.1 Å². The largest absolute Gasteiger partial charge is 0.313 e. The summed E-state index contributed by atoms with van der Waals surface area (Å²) < 4.78 is 0. The average molecular weight is 161 g/mol. The molecule has 0 spiro atoms.